The predicted octanol–water partition coefficient (Wildman–Crippen LogP) is 1.48. The van der Waals surface area contributed by atoms with Gasteiger partial charge >= 0.3 is 0 Å². The summed E-state index contributed by atoms with van der Waals surface area (Å²) < 4.78 is 18.9. The molecule has 2 heterocycles. The summed E-state index contributed by atoms with van der Waals surface area (Å²) in [6, 6.07) is 7.56. The fourth-order valence-electron chi connectivity index (χ4n) is 2.61. The van der Waals surface area contributed by atoms with Gasteiger partial charge in [0.2, 0.25) is 5.91 Å². The van der Waals surface area contributed by atoms with Crippen molar-refractivity contribution in [1.29, 1.82) is 0 Å². The number of ether oxygens (including phenoxy) is 1. The van der Waals surface area contributed by atoms with Crippen molar-refractivity contribution >= 4 is 11.8 Å². The van der Waals surface area contributed by atoms with E-state index in [4.69, 9.17) is 4.74 Å². The third-order valence-electron chi connectivity index (χ3n) is 4.04. The molecule has 0 aliphatic carbocycles. The van der Waals surface area contributed by atoms with Crippen molar-refractivity contribution in [3.05, 3.63) is 47.5 Å². The molecule has 7 nitrogen and oxygen atoms in total. The molecule has 8 heteroatoms. The van der Waals surface area contributed by atoms with Gasteiger partial charge in [-0.25, -0.2) is 4.39 Å². The van der Waals surface area contributed by atoms with Gasteiger partial charge in [0.25, 0.3) is 5.91 Å². The molecule has 0 saturated carbocycles. The minimum atomic E-state index is -0.450. The Morgan fingerprint density at radius 1 is 1.44 bits per heavy atom. The summed E-state index contributed by atoms with van der Waals surface area (Å²) in [6.45, 7) is 2.70. The number of para-hydroxylation sites is 1. The summed E-state index contributed by atoms with van der Waals surface area (Å²) in [5.41, 5.74) is 0.802. The zero-order chi connectivity index (χ0) is 17.8. The Balaban J connectivity index is 1.65. The first-order chi connectivity index (χ1) is 12.0. The Morgan fingerprint density at radius 3 is 3.04 bits per heavy atom. The molecule has 0 spiro atoms. The number of amides is 2. The molecule has 1 saturated heterocycles. The molecule has 1 aromatic carbocycles. The summed E-state index contributed by atoms with van der Waals surface area (Å²) in [4.78, 5) is 25.7. The number of hydrogen-bond donors (Lipinski definition) is 2. The maximum atomic E-state index is 13.5. The van der Waals surface area contributed by atoms with Crippen LogP contribution in [0.15, 0.2) is 30.3 Å². The Kier molecular flexibility index (Phi) is 4.97. The molecule has 25 heavy (non-hydrogen) atoms. The van der Waals surface area contributed by atoms with Crippen LogP contribution in [0.4, 0.5) is 4.39 Å². The van der Waals surface area contributed by atoms with Crippen LogP contribution in [0.1, 0.15) is 29.5 Å². The lowest BCUT2D eigenvalue weighted by molar-refractivity contribution is -0.120. The van der Waals surface area contributed by atoms with E-state index in [9.17, 15) is 14.0 Å². The summed E-state index contributed by atoms with van der Waals surface area (Å²) in [7, 11) is 0. The number of aromatic nitrogens is 2. The third-order valence-corrected chi connectivity index (χ3v) is 4.04. The van der Waals surface area contributed by atoms with Crippen molar-refractivity contribution < 1.29 is 18.7 Å². The SMILES string of the molecule is CC1CNC(=O)CCN1C(=O)c1cc(COc2ccccc2F)[nH]n1. The Labute approximate surface area is 144 Å². The van der Waals surface area contributed by atoms with Gasteiger partial charge < -0.3 is 15.0 Å². The summed E-state index contributed by atoms with van der Waals surface area (Å²) in [5, 5.41) is 9.50. The molecule has 2 aromatic rings. The fraction of sp³-hybridized carbons (Fsp3) is 0.353. The van der Waals surface area contributed by atoms with Gasteiger partial charge in [-0.15, -0.1) is 0 Å². The van der Waals surface area contributed by atoms with Gasteiger partial charge in [0.15, 0.2) is 17.3 Å². The van der Waals surface area contributed by atoms with Crippen molar-refractivity contribution in [2.24, 2.45) is 0 Å². The first-order valence-corrected chi connectivity index (χ1v) is 8.04. The van der Waals surface area contributed by atoms with Crippen molar-refractivity contribution in [2.75, 3.05) is 13.1 Å². The van der Waals surface area contributed by atoms with Crippen LogP contribution in [0.5, 0.6) is 5.75 Å². The zero-order valence-electron chi connectivity index (χ0n) is 13.8. The molecule has 1 fully saturated rings. The number of rotatable bonds is 4. The average Bonchev–Trinajstić information content (AvgIpc) is 3.01. The van der Waals surface area contributed by atoms with Crippen LogP contribution < -0.4 is 10.1 Å². The van der Waals surface area contributed by atoms with Crippen LogP contribution in [0.25, 0.3) is 0 Å². The second-order valence-electron chi connectivity index (χ2n) is 5.90. The molecular formula is C17H19FN4O3. The molecule has 2 N–H and O–H groups in total. The number of aromatic amines is 1. The van der Waals surface area contributed by atoms with Crippen molar-refractivity contribution in [2.45, 2.75) is 26.0 Å². The quantitative estimate of drug-likeness (QED) is 0.878. The molecule has 3 rings (SSSR count). The van der Waals surface area contributed by atoms with Crippen LogP contribution in [0.3, 0.4) is 0 Å². The van der Waals surface area contributed by atoms with Crippen molar-refractivity contribution in [1.82, 2.24) is 20.4 Å². The monoisotopic (exact) mass is 346 g/mol. The van der Waals surface area contributed by atoms with E-state index in [-0.39, 0.29) is 42.3 Å². The average molecular weight is 346 g/mol. The molecule has 0 radical (unpaired) electrons. The highest BCUT2D eigenvalue weighted by Gasteiger charge is 2.26. The molecule has 0 bridgehead atoms. The number of nitrogens with one attached hydrogen (secondary N) is 2. The van der Waals surface area contributed by atoms with Crippen LogP contribution in [-0.2, 0) is 11.4 Å². The lowest BCUT2D eigenvalue weighted by atomic mass is 10.2. The highest BCUT2D eigenvalue weighted by atomic mass is 19.1. The fourth-order valence-corrected chi connectivity index (χ4v) is 2.61. The van der Waals surface area contributed by atoms with E-state index in [2.05, 4.69) is 15.5 Å². The number of nitrogens with zero attached hydrogens (tertiary/aromatic N) is 2. The van der Waals surface area contributed by atoms with Crippen LogP contribution in [0, 0.1) is 5.82 Å². The zero-order valence-corrected chi connectivity index (χ0v) is 13.8. The first-order valence-electron chi connectivity index (χ1n) is 8.04. The van der Waals surface area contributed by atoms with Gasteiger partial charge in [-0.3, -0.25) is 14.7 Å². The van der Waals surface area contributed by atoms with E-state index in [0.717, 1.165) is 0 Å². The smallest absolute Gasteiger partial charge is 0.274 e. The van der Waals surface area contributed by atoms with Gasteiger partial charge in [-0.05, 0) is 25.1 Å². The number of carbonyl (C=O) groups is 2. The number of benzene rings is 1. The lowest BCUT2D eigenvalue weighted by Gasteiger charge is -2.25. The van der Waals surface area contributed by atoms with E-state index < -0.39 is 5.82 Å². The topological polar surface area (TPSA) is 87.3 Å². The lowest BCUT2D eigenvalue weighted by Crippen LogP contribution is -2.42. The maximum Gasteiger partial charge on any atom is 0.274 e. The van der Waals surface area contributed by atoms with E-state index >= 15 is 0 Å². The van der Waals surface area contributed by atoms with E-state index in [0.29, 0.717) is 18.8 Å². The Bertz CT molecular complexity index is 777. The van der Waals surface area contributed by atoms with Gasteiger partial charge in [-0.2, -0.15) is 5.10 Å². The van der Waals surface area contributed by atoms with Crippen LogP contribution in [0.2, 0.25) is 0 Å². The molecular weight excluding hydrogens is 327 g/mol. The van der Waals surface area contributed by atoms with E-state index in [1.54, 1.807) is 23.1 Å². The molecule has 2 amide bonds. The van der Waals surface area contributed by atoms with Gasteiger partial charge in [0, 0.05) is 25.6 Å². The second-order valence-corrected chi connectivity index (χ2v) is 5.90. The molecule has 1 atom stereocenters. The van der Waals surface area contributed by atoms with Crippen LogP contribution in [-0.4, -0.2) is 46.0 Å². The van der Waals surface area contributed by atoms with Gasteiger partial charge in [-0.1, -0.05) is 12.1 Å². The molecule has 1 aliphatic heterocycles. The van der Waals surface area contributed by atoms with Gasteiger partial charge in [0.1, 0.15) is 6.61 Å². The molecule has 132 valence electrons. The Morgan fingerprint density at radius 2 is 2.24 bits per heavy atom. The number of H-pyrrole nitrogens is 1. The third kappa shape index (κ3) is 3.96. The molecule has 1 unspecified atom stereocenters. The number of hydrogen-bond acceptors (Lipinski definition) is 4. The first kappa shape index (κ1) is 16.9. The standard InChI is InChI=1S/C17H19FN4O3/c1-11-9-19-16(23)6-7-22(11)17(24)14-8-12(20-21-14)10-25-15-5-3-2-4-13(15)18/h2-5,8,11H,6-7,9-10H2,1H3,(H,19,23)(H,20,21). The predicted molar refractivity (Wildman–Crippen MR) is 87.4 cm³/mol. The summed E-state index contributed by atoms with van der Waals surface area (Å²) in [5.74, 6) is -0.634. The van der Waals surface area contributed by atoms with Gasteiger partial charge in [0.05, 0.1) is 5.69 Å². The second kappa shape index (κ2) is 7.33. The minimum absolute atomic E-state index is 0.0663. The number of halogens is 1. The largest absolute Gasteiger partial charge is 0.484 e. The highest BCUT2D eigenvalue weighted by Crippen LogP contribution is 2.17. The number of carbonyl (C=O) groups excluding carboxylic acids is 2. The van der Waals surface area contributed by atoms with Crippen molar-refractivity contribution in [3.8, 4) is 5.75 Å². The maximum absolute atomic E-state index is 13.5. The van der Waals surface area contributed by atoms with Crippen LogP contribution >= 0.6 is 0 Å². The summed E-state index contributed by atoms with van der Waals surface area (Å²) >= 11 is 0. The summed E-state index contributed by atoms with van der Waals surface area (Å²) in [6.07, 6.45) is 0.268. The molecule has 1 aliphatic rings. The van der Waals surface area contributed by atoms with Crippen molar-refractivity contribution in [3.63, 3.8) is 0 Å². The normalized spacial score (nSPS) is 17.8. The minimum Gasteiger partial charge on any atom is -0.484 e. The molecule has 1 aromatic heterocycles. The highest BCUT2D eigenvalue weighted by molar-refractivity contribution is 5.93. The van der Waals surface area contributed by atoms with E-state index in [1.807, 2.05) is 6.92 Å². The van der Waals surface area contributed by atoms with E-state index in [1.165, 1.54) is 12.1 Å². The Hall–Kier alpha value is -2.90.